The highest BCUT2D eigenvalue weighted by atomic mass is 32.2. The highest BCUT2D eigenvalue weighted by Gasteiger charge is 2.11. The number of hydrogen-bond acceptors (Lipinski definition) is 2. The van der Waals surface area contributed by atoms with Gasteiger partial charge in [-0.2, -0.15) is 4.40 Å². The summed E-state index contributed by atoms with van der Waals surface area (Å²) >= 11 is 0. The van der Waals surface area contributed by atoms with Crippen LogP contribution in [0.3, 0.4) is 0 Å². The monoisotopic (exact) mass is 203 g/mol. The highest BCUT2D eigenvalue weighted by molar-refractivity contribution is 7.84. The second-order valence-electron chi connectivity index (χ2n) is 3.26. The fourth-order valence-corrected chi connectivity index (χ4v) is 1.96. The van der Waals surface area contributed by atoms with Crippen LogP contribution in [0.5, 0.6) is 0 Å². The molecule has 1 aliphatic rings. The molecule has 2 unspecified atom stereocenters. The van der Waals surface area contributed by atoms with E-state index in [1.54, 1.807) is 0 Å². The van der Waals surface area contributed by atoms with Crippen molar-refractivity contribution in [3.8, 4) is 0 Å². The minimum atomic E-state index is -1.03. The number of ether oxygens (including phenoxy) is 1. The van der Waals surface area contributed by atoms with Crippen molar-refractivity contribution in [1.82, 2.24) is 0 Å². The molecule has 1 aliphatic heterocycles. The van der Waals surface area contributed by atoms with E-state index >= 15 is 0 Å². The summed E-state index contributed by atoms with van der Waals surface area (Å²) in [5.41, 5.74) is 1.06. The van der Waals surface area contributed by atoms with Crippen LogP contribution in [-0.2, 0) is 15.7 Å². The molecule has 2 atom stereocenters. The van der Waals surface area contributed by atoms with Crippen LogP contribution in [0.1, 0.15) is 33.1 Å². The van der Waals surface area contributed by atoms with Crippen LogP contribution in [0, 0.1) is 0 Å². The van der Waals surface area contributed by atoms with Crippen molar-refractivity contribution in [3.63, 3.8) is 0 Å². The molecule has 0 spiro atoms. The predicted molar refractivity (Wildman–Crippen MR) is 55.4 cm³/mol. The van der Waals surface area contributed by atoms with Gasteiger partial charge in [0.25, 0.3) is 0 Å². The average molecular weight is 203 g/mol. The highest BCUT2D eigenvalue weighted by Crippen LogP contribution is 2.08. The molecule has 0 N–H and O–H groups in total. The normalized spacial score (nSPS) is 22.5. The summed E-state index contributed by atoms with van der Waals surface area (Å²) < 4.78 is 20.9. The van der Waals surface area contributed by atoms with Crippen LogP contribution in [0.2, 0.25) is 0 Å². The zero-order chi connectivity index (χ0) is 9.68. The second-order valence-corrected chi connectivity index (χ2v) is 4.80. The molecule has 0 aromatic heterocycles. The van der Waals surface area contributed by atoms with E-state index in [-0.39, 0.29) is 5.25 Å². The maximum Gasteiger partial charge on any atom is 0.142 e. The SMILES string of the molecule is CCC(C)S(=O)N=C1CCOCC1. The third kappa shape index (κ3) is 3.56. The quantitative estimate of drug-likeness (QED) is 0.700. The Labute approximate surface area is 82.2 Å². The predicted octanol–water partition coefficient (Wildman–Crippen LogP) is 1.70. The number of hydrogen-bond donors (Lipinski definition) is 0. The standard InChI is InChI=1S/C9H17NO2S/c1-3-8(2)13(11)10-9-4-6-12-7-5-9/h8H,3-7H2,1-2H3. The van der Waals surface area contributed by atoms with Gasteiger partial charge in [-0.15, -0.1) is 0 Å². The van der Waals surface area contributed by atoms with Gasteiger partial charge in [0, 0.05) is 18.6 Å². The summed E-state index contributed by atoms with van der Waals surface area (Å²) in [5, 5.41) is 0.176. The van der Waals surface area contributed by atoms with Gasteiger partial charge in [0.15, 0.2) is 0 Å². The lowest BCUT2D eigenvalue weighted by atomic mass is 10.2. The first kappa shape index (κ1) is 10.9. The molecule has 3 nitrogen and oxygen atoms in total. The number of rotatable bonds is 3. The fraction of sp³-hybridized carbons (Fsp3) is 0.889. The zero-order valence-corrected chi connectivity index (χ0v) is 9.10. The van der Waals surface area contributed by atoms with E-state index < -0.39 is 11.0 Å². The van der Waals surface area contributed by atoms with E-state index in [0.717, 1.165) is 38.2 Å². The Bertz CT molecular complexity index is 208. The smallest absolute Gasteiger partial charge is 0.142 e. The first-order valence-corrected chi connectivity index (χ1v) is 5.96. The Hall–Kier alpha value is -0.220. The molecule has 0 aromatic rings. The van der Waals surface area contributed by atoms with Gasteiger partial charge in [-0.3, -0.25) is 0 Å². The van der Waals surface area contributed by atoms with E-state index in [9.17, 15) is 4.21 Å². The van der Waals surface area contributed by atoms with Crippen molar-refractivity contribution < 1.29 is 8.95 Å². The molecule has 76 valence electrons. The van der Waals surface area contributed by atoms with Crippen molar-refractivity contribution in [3.05, 3.63) is 0 Å². The molecule has 1 fully saturated rings. The summed E-state index contributed by atoms with van der Waals surface area (Å²) in [6.07, 6.45) is 2.62. The molecule has 0 saturated carbocycles. The molecule has 4 heteroatoms. The van der Waals surface area contributed by atoms with Gasteiger partial charge in [-0.1, -0.05) is 6.92 Å². The molecule has 0 aliphatic carbocycles. The fourth-order valence-electron chi connectivity index (χ4n) is 1.06. The Morgan fingerprint density at radius 3 is 2.69 bits per heavy atom. The summed E-state index contributed by atoms with van der Waals surface area (Å²) in [6.45, 7) is 5.47. The second kappa shape index (κ2) is 5.50. The molecule has 13 heavy (non-hydrogen) atoms. The van der Waals surface area contributed by atoms with E-state index in [1.807, 2.05) is 13.8 Å². The molecule has 1 rings (SSSR count). The van der Waals surface area contributed by atoms with E-state index in [1.165, 1.54) is 0 Å². The molecular weight excluding hydrogens is 186 g/mol. The largest absolute Gasteiger partial charge is 0.381 e. The molecule has 0 radical (unpaired) electrons. The van der Waals surface area contributed by atoms with Gasteiger partial charge >= 0.3 is 0 Å². The molecule has 0 bridgehead atoms. The minimum Gasteiger partial charge on any atom is -0.381 e. The molecule has 1 heterocycles. The molecular formula is C9H17NO2S. The van der Waals surface area contributed by atoms with Gasteiger partial charge in [0.2, 0.25) is 0 Å². The Morgan fingerprint density at radius 2 is 2.15 bits per heavy atom. The Morgan fingerprint density at radius 1 is 1.54 bits per heavy atom. The maximum absolute atomic E-state index is 11.5. The number of nitrogens with zero attached hydrogens (tertiary/aromatic N) is 1. The average Bonchev–Trinajstić information content (AvgIpc) is 2.18. The summed E-state index contributed by atoms with van der Waals surface area (Å²) in [5.74, 6) is 0. The molecule has 1 saturated heterocycles. The Kier molecular flexibility index (Phi) is 4.59. The van der Waals surface area contributed by atoms with Crippen LogP contribution in [0.4, 0.5) is 0 Å². The first-order chi connectivity index (χ1) is 6.24. The van der Waals surface area contributed by atoms with Crippen LogP contribution >= 0.6 is 0 Å². The third-order valence-corrected chi connectivity index (χ3v) is 3.67. The first-order valence-electron chi connectivity index (χ1n) is 4.79. The summed E-state index contributed by atoms with van der Waals surface area (Å²) in [6, 6.07) is 0. The lowest BCUT2D eigenvalue weighted by Gasteiger charge is -2.13. The van der Waals surface area contributed by atoms with E-state index in [4.69, 9.17) is 4.74 Å². The molecule has 0 aromatic carbocycles. The maximum atomic E-state index is 11.5. The van der Waals surface area contributed by atoms with Crippen LogP contribution < -0.4 is 0 Å². The van der Waals surface area contributed by atoms with Crippen LogP contribution in [0.25, 0.3) is 0 Å². The lowest BCUT2D eigenvalue weighted by molar-refractivity contribution is 0.135. The van der Waals surface area contributed by atoms with Crippen LogP contribution in [0.15, 0.2) is 4.40 Å². The molecule has 0 amide bonds. The van der Waals surface area contributed by atoms with Gasteiger partial charge in [0.05, 0.1) is 18.5 Å². The zero-order valence-electron chi connectivity index (χ0n) is 8.28. The van der Waals surface area contributed by atoms with Crippen molar-refractivity contribution in [2.45, 2.75) is 38.4 Å². The lowest BCUT2D eigenvalue weighted by Crippen LogP contribution is -2.17. The Balaban J connectivity index is 2.48. The third-order valence-electron chi connectivity index (χ3n) is 2.21. The van der Waals surface area contributed by atoms with Gasteiger partial charge in [-0.05, 0) is 13.3 Å². The summed E-state index contributed by atoms with van der Waals surface area (Å²) in [4.78, 5) is 0. The van der Waals surface area contributed by atoms with Crippen molar-refractivity contribution >= 4 is 16.7 Å². The van der Waals surface area contributed by atoms with Crippen molar-refractivity contribution in [1.29, 1.82) is 0 Å². The van der Waals surface area contributed by atoms with Crippen molar-refractivity contribution in [2.75, 3.05) is 13.2 Å². The van der Waals surface area contributed by atoms with Gasteiger partial charge in [0.1, 0.15) is 11.0 Å². The van der Waals surface area contributed by atoms with Gasteiger partial charge < -0.3 is 4.74 Å². The van der Waals surface area contributed by atoms with Crippen molar-refractivity contribution in [2.24, 2.45) is 4.40 Å². The van der Waals surface area contributed by atoms with E-state index in [0.29, 0.717) is 0 Å². The van der Waals surface area contributed by atoms with Crippen LogP contribution in [-0.4, -0.2) is 28.4 Å². The minimum absolute atomic E-state index is 0.176. The summed E-state index contributed by atoms with van der Waals surface area (Å²) in [7, 11) is -1.03. The van der Waals surface area contributed by atoms with Gasteiger partial charge in [-0.25, -0.2) is 4.21 Å². The topological polar surface area (TPSA) is 38.7 Å². The van der Waals surface area contributed by atoms with E-state index in [2.05, 4.69) is 4.40 Å².